The normalized spacial score (nSPS) is 10.2. The molecule has 4 aromatic carbocycles. The maximum Gasteiger partial charge on any atom is 0.0808 e. The van der Waals surface area contributed by atoms with E-state index in [2.05, 4.69) is 48.3 Å². The lowest BCUT2D eigenvalue weighted by Crippen LogP contribution is -1.88. The van der Waals surface area contributed by atoms with Gasteiger partial charge in [-0.15, -0.1) is 0 Å². The highest BCUT2D eigenvalue weighted by atomic mass is 14.7. The Balaban J connectivity index is 1.91. The maximum atomic E-state index is 4.70. The summed E-state index contributed by atoms with van der Waals surface area (Å²) < 4.78 is 0. The van der Waals surface area contributed by atoms with Crippen molar-refractivity contribution in [2.75, 3.05) is 0 Å². The van der Waals surface area contributed by atoms with Crippen molar-refractivity contribution in [3.8, 4) is 0 Å². The Morgan fingerprint density at radius 2 is 1.12 bits per heavy atom. The number of hydrogen-bond acceptors (Lipinski definition) is 1. The standard InChI is InChI=1S/C24H17N/c1-3-10-20(11-4-1)23(21-12-5-2-6-13-21)18-25-24-17-9-15-19-14-7-8-16-22(19)24/h1-17H. The summed E-state index contributed by atoms with van der Waals surface area (Å²) in [5.74, 6) is 3.30. The minimum atomic E-state index is 0.933. The number of nitrogens with zero attached hydrogens (tertiary/aromatic N) is 1. The highest BCUT2D eigenvalue weighted by Crippen LogP contribution is 2.26. The lowest BCUT2D eigenvalue weighted by atomic mass is 9.99. The van der Waals surface area contributed by atoms with Gasteiger partial charge in [0.25, 0.3) is 0 Å². The van der Waals surface area contributed by atoms with Gasteiger partial charge in [0.05, 0.1) is 11.3 Å². The molecule has 118 valence electrons. The monoisotopic (exact) mass is 319 g/mol. The van der Waals surface area contributed by atoms with E-state index in [0.29, 0.717) is 0 Å². The topological polar surface area (TPSA) is 12.4 Å². The zero-order valence-electron chi connectivity index (χ0n) is 13.8. The van der Waals surface area contributed by atoms with Gasteiger partial charge in [-0.05, 0) is 28.4 Å². The quantitative estimate of drug-likeness (QED) is 0.394. The van der Waals surface area contributed by atoms with Gasteiger partial charge in [0.2, 0.25) is 0 Å². The van der Waals surface area contributed by atoms with Crippen LogP contribution in [0.3, 0.4) is 0 Å². The molecule has 0 bridgehead atoms. The molecule has 0 aromatic heterocycles. The van der Waals surface area contributed by atoms with Gasteiger partial charge in [0, 0.05) is 5.39 Å². The van der Waals surface area contributed by atoms with Crippen molar-refractivity contribution in [3.05, 3.63) is 114 Å². The summed E-state index contributed by atoms with van der Waals surface area (Å²) in [6.07, 6.45) is 0. The third-order valence-electron chi connectivity index (χ3n) is 4.18. The summed E-state index contributed by atoms with van der Waals surface area (Å²) in [5.41, 5.74) is 4.15. The smallest absolute Gasteiger partial charge is 0.0808 e. The Morgan fingerprint density at radius 3 is 1.80 bits per heavy atom. The molecule has 0 N–H and O–H groups in total. The van der Waals surface area contributed by atoms with E-state index in [-0.39, 0.29) is 0 Å². The van der Waals surface area contributed by atoms with Crippen LogP contribution in [0.25, 0.3) is 16.3 Å². The predicted octanol–water partition coefficient (Wildman–Crippen LogP) is 6.27. The second-order valence-corrected chi connectivity index (χ2v) is 5.83. The van der Waals surface area contributed by atoms with Crippen LogP contribution in [0.4, 0.5) is 5.69 Å². The van der Waals surface area contributed by atoms with Crippen LogP contribution in [0.5, 0.6) is 0 Å². The molecule has 0 saturated carbocycles. The molecular formula is C24H17N. The van der Waals surface area contributed by atoms with Crippen LogP contribution in [0.1, 0.15) is 11.1 Å². The van der Waals surface area contributed by atoms with Crippen molar-refractivity contribution >= 4 is 27.9 Å². The fourth-order valence-corrected chi connectivity index (χ4v) is 2.93. The molecule has 0 spiro atoms. The highest BCUT2D eigenvalue weighted by Gasteiger charge is 2.04. The summed E-state index contributed by atoms with van der Waals surface area (Å²) in [5, 5.41) is 2.32. The fourth-order valence-electron chi connectivity index (χ4n) is 2.93. The Hall–Kier alpha value is -3.41. The second kappa shape index (κ2) is 7.00. The Bertz CT molecular complexity index is 1010. The molecule has 0 heterocycles. The van der Waals surface area contributed by atoms with E-state index in [1.165, 1.54) is 5.39 Å². The average Bonchev–Trinajstić information content (AvgIpc) is 2.70. The Labute approximate surface area is 147 Å². The van der Waals surface area contributed by atoms with E-state index < -0.39 is 0 Å². The first-order valence-electron chi connectivity index (χ1n) is 8.34. The number of fused-ring (bicyclic) bond motifs is 1. The van der Waals surface area contributed by atoms with E-state index in [0.717, 1.165) is 27.8 Å². The third-order valence-corrected chi connectivity index (χ3v) is 4.18. The zero-order chi connectivity index (χ0) is 16.9. The SMILES string of the molecule is C(=Nc1cccc2ccccc12)=C(c1ccccc1)c1ccccc1. The van der Waals surface area contributed by atoms with Crippen LogP contribution in [0, 0.1) is 0 Å². The molecule has 0 aliphatic carbocycles. The van der Waals surface area contributed by atoms with Crippen LogP contribution >= 0.6 is 0 Å². The highest BCUT2D eigenvalue weighted by molar-refractivity contribution is 6.01. The fraction of sp³-hybridized carbons (Fsp3) is 0. The molecule has 0 aliphatic heterocycles. The summed E-state index contributed by atoms with van der Waals surface area (Å²) in [4.78, 5) is 4.70. The van der Waals surface area contributed by atoms with Crippen LogP contribution in [0.2, 0.25) is 0 Å². The molecule has 0 atom stereocenters. The molecule has 0 radical (unpaired) electrons. The van der Waals surface area contributed by atoms with Gasteiger partial charge in [0.1, 0.15) is 0 Å². The van der Waals surface area contributed by atoms with Gasteiger partial charge < -0.3 is 0 Å². The molecular weight excluding hydrogens is 302 g/mol. The maximum absolute atomic E-state index is 4.70. The van der Waals surface area contributed by atoms with Crippen molar-refractivity contribution in [1.29, 1.82) is 0 Å². The second-order valence-electron chi connectivity index (χ2n) is 5.83. The van der Waals surface area contributed by atoms with Crippen molar-refractivity contribution < 1.29 is 0 Å². The van der Waals surface area contributed by atoms with E-state index in [9.17, 15) is 0 Å². The van der Waals surface area contributed by atoms with Crippen LogP contribution < -0.4 is 0 Å². The third kappa shape index (κ3) is 3.28. The molecule has 25 heavy (non-hydrogen) atoms. The average molecular weight is 319 g/mol. The van der Waals surface area contributed by atoms with E-state index in [1.807, 2.05) is 60.7 Å². The Kier molecular flexibility index (Phi) is 4.24. The molecule has 1 heteroatoms. The van der Waals surface area contributed by atoms with Crippen molar-refractivity contribution in [3.63, 3.8) is 0 Å². The van der Waals surface area contributed by atoms with Gasteiger partial charge >= 0.3 is 0 Å². The first kappa shape index (κ1) is 15.1. The summed E-state index contributed by atoms with van der Waals surface area (Å²) in [7, 11) is 0. The molecule has 0 amide bonds. The number of hydrogen-bond donors (Lipinski definition) is 0. The molecule has 4 rings (SSSR count). The minimum absolute atomic E-state index is 0.933. The van der Waals surface area contributed by atoms with Crippen LogP contribution in [0.15, 0.2) is 108 Å². The van der Waals surface area contributed by atoms with Crippen LogP contribution in [-0.2, 0) is 0 Å². The van der Waals surface area contributed by atoms with Gasteiger partial charge in [-0.2, -0.15) is 0 Å². The van der Waals surface area contributed by atoms with Gasteiger partial charge in [0.15, 0.2) is 0 Å². The lowest BCUT2D eigenvalue weighted by Gasteiger charge is -2.05. The number of rotatable bonds is 3. The first-order chi connectivity index (χ1) is 12.4. The molecule has 4 aromatic rings. The molecule has 0 fully saturated rings. The molecule has 0 saturated heterocycles. The zero-order valence-corrected chi connectivity index (χ0v) is 13.8. The summed E-state index contributed by atoms with van der Waals surface area (Å²) >= 11 is 0. The van der Waals surface area contributed by atoms with E-state index in [1.54, 1.807) is 0 Å². The molecule has 0 aliphatic rings. The first-order valence-corrected chi connectivity index (χ1v) is 8.34. The lowest BCUT2D eigenvalue weighted by molar-refractivity contribution is 1.55. The minimum Gasteiger partial charge on any atom is -0.205 e. The Morgan fingerprint density at radius 1 is 0.560 bits per heavy atom. The van der Waals surface area contributed by atoms with Gasteiger partial charge in [-0.25, -0.2) is 4.99 Å². The van der Waals surface area contributed by atoms with E-state index in [4.69, 9.17) is 4.99 Å². The largest absolute Gasteiger partial charge is 0.205 e. The predicted molar refractivity (Wildman–Crippen MR) is 106 cm³/mol. The van der Waals surface area contributed by atoms with Crippen molar-refractivity contribution in [1.82, 2.24) is 0 Å². The summed E-state index contributed by atoms with van der Waals surface area (Å²) in [6, 6.07) is 35.0. The number of aliphatic imine (C=N–C) groups is 1. The van der Waals surface area contributed by atoms with E-state index >= 15 is 0 Å². The number of benzene rings is 4. The van der Waals surface area contributed by atoms with Crippen molar-refractivity contribution in [2.45, 2.75) is 0 Å². The van der Waals surface area contributed by atoms with Crippen molar-refractivity contribution in [2.24, 2.45) is 4.99 Å². The van der Waals surface area contributed by atoms with Gasteiger partial charge in [-0.3, -0.25) is 0 Å². The molecule has 1 nitrogen and oxygen atoms in total. The van der Waals surface area contributed by atoms with Crippen LogP contribution in [-0.4, -0.2) is 5.87 Å². The summed E-state index contributed by atoms with van der Waals surface area (Å²) in [6.45, 7) is 0. The molecule has 0 unspecified atom stereocenters. The van der Waals surface area contributed by atoms with Gasteiger partial charge in [-0.1, -0.05) is 97.1 Å².